The minimum atomic E-state index is -0.940. The van der Waals surface area contributed by atoms with Gasteiger partial charge in [0.1, 0.15) is 12.4 Å². The number of aliphatic carboxylic acids is 1. The van der Waals surface area contributed by atoms with Crippen LogP contribution in [0.1, 0.15) is 74.5 Å². The van der Waals surface area contributed by atoms with Gasteiger partial charge in [0.2, 0.25) is 0 Å². The lowest BCUT2D eigenvalue weighted by Crippen LogP contribution is -2.33. The van der Waals surface area contributed by atoms with Crippen LogP contribution in [0.2, 0.25) is 0 Å². The molecule has 3 aromatic rings. The monoisotopic (exact) mass is 544 g/mol. The van der Waals surface area contributed by atoms with Crippen LogP contribution >= 0.6 is 0 Å². The highest BCUT2D eigenvalue weighted by atomic mass is 16.5. The van der Waals surface area contributed by atoms with Crippen LogP contribution in [0.5, 0.6) is 5.75 Å². The molecule has 1 amide bonds. The van der Waals surface area contributed by atoms with Gasteiger partial charge in [-0.3, -0.25) is 9.59 Å². The average molecular weight is 545 g/mol. The maximum Gasteiger partial charge on any atom is 0.305 e. The van der Waals surface area contributed by atoms with Gasteiger partial charge in [-0.15, -0.1) is 0 Å². The molecule has 2 atom stereocenters. The van der Waals surface area contributed by atoms with Crippen LogP contribution in [0.15, 0.2) is 60.7 Å². The first kappa shape index (κ1) is 30.7. The molecular weight excluding hydrogens is 500 g/mol. The summed E-state index contributed by atoms with van der Waals surface area (Å²) in [6.45, 7) is 15.9. The maximum atomic E-state index is 12.3. The van der Waals surface area contributed by atoms with Crippen LogP contribution in [0.25, 0.3) is 11.1 Å². The van der Waals surface area contributed by atoms with Crippen molar-refractivity contribution in [2.24, 2.45) is 5.92 Å². The van der Waals surface area contributed by atoms with E-state index >= 15 is 0 Å². The lowest BCUT2D eigenvalue weighted by atomic mass is 9.85. The minimum absolute atomic E-state index is 0.0745. The molecule has 0 saturated carbocycles. The Labute approximate surface area is 239 Å². The summed E-state index contributed by atoms with van der Waals surface area (Å²) in [6, 6.07) is 20.4. The SMILES string of the molecule is CC[C@H](C)[C@@H](COc1cc(C)c(-c2ccc(C(C)(C)C)cc2)c(C)c1)Nc1ccc(C(=O)NCCC(=O)O)cc1. The zero-order valence-corrected chi connectivity index (χ0v) is 24.9. The maximum absolute atomic E-state index is 12.3. The number of hydrogen-bond acceptors (Lipinski definition) is 4. The van der Waals surface area contributed by atoms with Crippen LogP contribution in [0, 0.1) is 19.8 Å². The number of aryl methyl sites for hydroxylation is 2. The largest absolute Gasteiger partial charge is 0.491 e. The van der Waals surface area contributed by atoms with Crippen LogP contribution in [0.3, 0.4) is 0 Å². The third-order valence-corrected chi connectivity index (χ3v) is 7.43. The summed E-state index contributed by atoms with van der Waals surface area (Å²) in [6.07, 6.45) is 0.890. The number of anilines is 1. The Hall–Kier alpha value is -3.80. The second-order valence-corrected chi connectivity index (χ2v) is 11.7. The third-order valence-electron chi connectivity index (χ3n) is 7.43. The number of benzene rings is 3. The van der Waals surface area contributed by atoms with Crippen molar-refractivity contribution in [3.63, 3.8) is 0 Å². The summed E-state index contributed by atoms with van der Waals surface area (Å²) in [5.41, 5.74) is 7.67. The molecule has 6 nitrogen and oxygen atoms in total. The highest BCUT2D eigenvalue weighted by Gasteiger charge is 2.19. The quantitative estimate of drug-likeness (QED) is 0.221. The number of carbonyl (C=O) groups is 2. The van der Waals surface area contributed by atoms with Crippen molar-refractivity contribution in [2.45, 2.75) is 72.8 Å². The summed E-state index contributed by atoms with van der Waals surface area (Å²) in [5.74, 6) is -0.00501. The molecule has 0 aliphatic rings. The molecule has 0 unspecified atom stereocenters. The van der Waals surface area contributed by atoms with E-state index in [4.69, 9.17) is 9.84 Å². The zero-order valence-electron chi connectivity index (χ0n) is 24.9. The van der Waals surface area contributed by atoms with Gasteiger partial charge in [0, 0.05) is 17.8 Å². The summed E-state index contributed by atoms with van der Waals surface area (Å²) in [5, 5.41) is 14.9. The highest BCUT2D eigenvalue weighted by molar-refractivity contribution is 5.94. The normalized spacial score (nSPS) is 12.9. The van der Waals surface area contributed by atoms with Gasteiger partial charge in [-0.2, -0.15) is 0 Å². The van der Waals surface area contributed by atoms with E-state index in [2.05, 4.69) is 95.5 Å². The zero-order chi connectivity index (χ0) is 29.4. The van der Waals surface area contributed by atoms with E-state index in [0.29, 0.717) is 18.1 Å². The fourth-order valence-corrected chi connectivity index (χ4v) is 4.73. The Morgan fingerprint density at radius 1 is 0.950 bits per heavy atom. The van der Waals surface area contributed by atoms with Crippen molar-refractivity contribution >= 4 is 17.6 Å². The predicted octanol–water partition coefficient (Wildman–Crippen LogP) is 7.38. The van der Waals surface area contributed by atoms with E-state index in [1.54, 1.807) is 12.1 Å². The molecule has 6 heteroatoms. The highest BCUT2D eigenvalue weighted by Crippen LogP contribution is 2.33. The van der Waals surface area contributed by atoms with E-state index in [0.717, 1.165) is 17.9 Å². The van der Waals surface area contributed by atoms with Gasteiger partial charge in [0.15, 0.2) is 0 Å². The van der Waals surface area contributed by atoms with Crippen molar-refractivity contribution in [1.82, 2.24) is 5.32 Å². The summed E-state index contributed by atoms with van der Waals surface area (Å²) < 4.78 is 6.33. The van der Waals surface area contributed by atoms with E-state index in [9.17, 15) is 9.59 Å². The first-order chi connectivity index (χ1) is 18.9. The van der Waals surface area contributed by atoms with Crippen molar-refractivity contribution in [2.75, 3.05) is 18.5 Å². The van der Waals surface area contributed by atoms with E-state index < -0.39 is 5.97 Å². The van der Waals surface area contributed by atoms with Gasteiger partial charge in [-0.05, 0) is 89.4 Å². The topological polar surface area (TPSA) is 87.7 Å². The number of hydrogen-bond donors (Lipinski definition) is 3. The van der Waals surface area contributed by atoms with Crippen LogP contribution in [0.4, 0.5) is 5.69 Å². The third kappa shape index (κ3) is 8.35. The first-order valence-corrected chi connectivity index (χ1v) is 14.1. The van der Waals surface area contributed by atoms with Gasteiger partial charge < -0.3 is 20.5 Å². The first-order valence-electron chi connectivity index (χ1n) is 14.1. The van der Waals surface area contributed by atoms with Crippen molar-refractivity contribution in [3.8, 4) is 16.9 Å². The second kappa shape index (κ2) is 13.5. The number of amides is 1. The number of carboxylic acid groups (broad SMARTS) is 1. The van der Waals surface area contributed by atoms with Crippen molar-refractivity contribution in [1.29, 1.82) is 0 Å². The van der Waals surface area contributed by atoms with E-state index in [1.165, 1.54) is 27.8 Å². The molecule has 3 N–H and O–H groups in total. The molecule has 0 bridgehead atoms. The van der Waals surface area contributed by atoms with Crippen molar-refractivity contribution < 1.29 is 19.4 Å². The standard InChI is InChI=1S/C34H44N2O4/c1-8-22(2)30(36-28-15-11-26(12-16-28)33(39)35-18-17-31(37)38)21-40-29-19-23(3)32(24(4)20-29)25-9-13-27(14-10-25)34(5,6)7/h9-16,19-20,22,30,36H,8,17-18,21H2,1-7H3,(H,35,39)(H,37,38)/t22-,30+/m0/s1. The van der Waals surface area contributed by atoms with Gasteiger partial charge >= 0.3 is 5.97 Å². The molecule has 214 valence electrons. The minimum Gasteiger partial charge on any atom is -0.491 e. The Morgan fingerprint density at radius 3 is 2.08 bits per heavy atom. The van der Waals surface area contributed by atoms with Gasteiger partial charge in [0.25, 0.3) is 5.91 Å². The smallest absolute Gasteiger partial charge is 0.305 e. The number of carboxylic acids is 1. The molecule has 0 fully saturated rings. The molecule has 3 rings (SSSR count). The van der Waals surface area contributed by atoms with Crippen molar-refractivity contribution in [3.05, 3.63) is 82.9 Å². The molecule has 3 aromatic carbocycles. The van der Waals surface area contributed by atoms with E-state index in [1.807, 2.05) is 12.1 Å². The molecule has 0 aromatic heterocycles. The summed E-state index contributed by atoms with van der Waals surface area (Å²) >= 11 is 0. The molecule has 0 spiro atoms. The van der Waals surface area contributed by atoms with Gasteiger partial charge in [0.05, 0.1) is 12.5 Å². The summed E-state index contributed by atoms with van der Waals surface area (Å²) in [4.78, 5) is 22.9. The Bertz CT molecular complexity index is 1270. The molecule has 0 saturated heterocycles. The van der Waals surface area contributed by atoms with E-state index in [-0.39, 0.29) is 30.3 Å². The molecule has 40 heavy (non-hydrogen) atoms. The van der Waals surface area contributed by atoms with Crippen LogP contribution in [-0.2, 0) is 10.2 Å². The van der Waals surface area contributed by atoms with Crippen LogP contribution in [-0.4, -0.2) is 36.2 Å². The van der Waals surface area contributed by atoms with Gasteiger partial charge in [-0.1, -0.05) is 65.3 Å². The number of ether oxygens (including phenoxy) is 1. The Balaban J connectivity index is 1.67. The lowest BCUT2D eigenvalue weighted by Gasteiger charge is -2.26. The number of rotatable bonds is 12. The summed E-state index contributed by atoms with van der Waals surface area (Å²) in [7, 11) is 0. The molecular formula is C34H44N2O4. The fraction of sp³-hybridized carbons (Fsp3) is 0.412. The lowest BCUT2D eigenvalue weighted by molar-refractivity contribution is -0.136. The number of nitrogens with one attached hydrogen (secondary N) is 2. The van der Waals surface area contributed by atoms with Crippen LogP contribution < -0.4 is 15.4 Å². The average Bonchev–Trinajstić information content (AvgIpc) is 2.90. The Kier molecular flexibility index (Phi) is 10.4. The molecule has 0 heterocycles. The molecule has 0 aliphatic heterocycles. The molecule has 0 radical (unpaired) electrons. The second-order valence-electron chi connectivity index (χ2n) is 11.7. The molecule has 0 aliphatic carbocycles. The van der Waals surface area contributed by atoms with Gasteiger partial charge in [-0.25, -0.2) is 0 Å². The predicted molar refractivity (Wildman–Crippen MR) is 163 cm³/mol. The fourth-order valence-electron chi connectivity index (χ4n) is 4.73. The Morgan fingerprint density at radius 2 is 1.55 bits per heavy atom. The number of carbonyl (C=O) groups excluding carboxylic acids is 1.